The molecule has 0 radical (unpaired) electrons. The number of hydrogen-bond donors (Lipinski definition) is 2. The summed E-state index contributed by atoms with van der Waals surface area (Å²) in [7, 11) is 1.51. The van der Waals surface area contributed by atoms with Crippen LogP contribution in [0.2, 0.25) is 0 Å². The van der Waals surface area contributed by atoms with Crippen LogP contribution in [0.4, 0.5) is 11.5 Å². The highest BCUT2D eigenvalue weighted by atomic mass is 16.6. The van der Waals surface area contributed by atoms with E-state index in [0.29, 0.717) is 0 Å². The van der Waals surface area contributed by atoms with Crippen LogP contribution in [0.3, 0.4) is 0 Å². The summed E-state index contributed by atoms with van der Waals surface area (Å²) in [5.41, 5.74) is 5.20. The van der Waals surface area contributed by atoms with E-state index in [1.165, 1.54) is 7.11 Å². The van der Waals surface area contributed by atoms with E-state index in [1.807, 2.05) is 0 Å². The largest absolute Gasteiger partial charge is 0.383 e. The predicted octanol–water partition coefficient (Wildman–Crippen LogP) is 0.337. The Balaban J connectivity index is 2.84. The van der Waals surface area contributed by atoms with Crippen molar-refractivity contribution in [3.63, 3.8) is 0 Å². The first-order valence-electron chi connectivity index (χ1n) is 5.16. The number of ether oxygens (including phenoxy) is 1. The van der Waals surface area contributed by atoms with Gasteiger partial charge in [-0.3, -0.25) is 14.9 Å². The molecule has 1 aromatic rings. The number of nitrogens with two attached hydrogens (primary N) is 1. The van der Waals surface area contributed by atoms with Crippen molar-refractivity contribution in [1.29, 1.82) is 0 Å². The van der Waals surface area contributed by atoms with Crippen LogP contribution in [-0.2, 0) is 4.74 Å². The average molecular weight is 254 g/mol. The maximum atomic E-state index is 11.8. The van der Waals surface area contributed by atoms with Crippen molar-refractivity contribution < 1.29 is 14.5 Å². The van der Waals surface area contributed by atoms with Gasteiger partial charge in [0.1, 0.15) is 12.0 Å². The van der Waals surface area contributed by atoms with Crippen molar-refractivity contribution in [2.45, 2.75) is 13.0 Å². The minimum atomic E-state index is -0.638. The highest BCUT2D eigenvalue weighted by Crippen LogP contribution is 2.16. The molecule has 0 aliphatic rings. The Morgan fingerprint density at radius 1 is 1.72 bits per heavy atom. The van der Waals surface area contributed by atoms with Crippen molar-refractivity contribution in [2.24, 2.45) is 0 Å². The van der Waals surface area contributed by atoms with Crippen LogP contribution in [0, 0.1) is 10.1 Å². The van der Waals surface area contributed by atoms with Crippen LogP contribution < -0.4 is 11.1 Å². The zero-order valence-electron chi connectivity index (χ0n) is 10.0. The second-order valence-corrected chi connectivity index (χ2v) is 3.64. The molecular weight excluding hydrogens is 240 g/mol. The molecule has 8 heteroatoms. The minimum Gasteiger partial charge on any atom is -0.383 e. The Morgan fingerprint density at radius 3 is 2.94 bits per heavy atom. The third-order valence-electron chi connectivity index (χ3n) is 2.31. The van der Waals surface area contributed by atoms with Gasteiger partial charge in [-0.1, -0.05) is 0 Å². The molecule has 18 heavy (non-hydrogen) atoms. The summed E-state index contributed by atoms with van der Waals surface area (Å²) in [6.45, 7) is 2.05. The third kappa shape index (κ3) is 3.39. The van der Waals surface area contributed by atoms with Crippen LogP contribution in [0.1, 0.15) is 17.3 Å². The average Bonchev–Trinajstić information content (AvgIpc) is 2.35. The molecule has 1 heterocycles. The molecule has 0 aliphatic heterocycles. The fourth-order valence-electron chi connectivity index (χ4n) is 1.16. The van der Waals surface area contributed by atoms with Crippen LogP contribution in [0.15, 0.2) is 12.3 Å². The molecule has 0 spiro atoms. The van der Waals surface area contributed by atoms with Gasteiger partial charge in [0.2, 0.25) is 0 Å². The van der Waals surface area contributed by atoms with E-state index >= 15 is 0 Å². The molecule has 0 saturated heterocycles. The van der Waals surface area contributed by atoms with Gasteiger partial charge in [-0.2, -0.15) is 0 Å². The first-order chi connectivity index (χ1) is 8.45. The Hall–Kier alpha value is -2.22. The molecule has 0 fully saturated rings. The van der Waals surface area contributed by atoms with Crippen molar-refractivity contribution in [3.8, 4) is 0 Å². The predicted molar refractivity (Wildman–Crippen MR) is 64.1 cm³/mol. The lowest BCUT2D eigenvalue weighted by Crippen LogP contribution is -2.32. The molecule has 0 saturated carbocycles. The maximum absolute atomic E-state index is 11.8. The van der Waals surface area contributed by atoms with Gasteiger partial charge in [0.15, 0.2) is 0 Å². The van der Waals surface area contributed by atoms with E-state index in [4.69, 9.17) is 10.5 Å². The van der Waals surface area contributed by atoms with Gasteiger partial charge in [0.25, 0.3) is 11.6 Å². The Labute approximate surface area is 103 Å². The summed E-state index contributed by atoms with van der Waals surface area (Å²) in [4.78, 5) is 25.3. The fourth-order valence-corrected chi connectivity index (χ4v) is 1.16. The number of nitrogens with one attached hydrogen (secondary N) is 1. The normalized spacial score (nSPS) is 11.9. The van der Waals surface area contributed by atoms with E-state index in [2.05, 4.69) is 10.3 Å². The number of nitro groups is 1. The Kier molecular flexibility index (Phi) is 4.55. The number of nitrogens with zero attached hydrogens (tertiary/aromatic N) is 2. The van der Waals surface area contributed by atoms with Gasteiger partial charge in [-0.05, 0) is 6.92 Å². The lowest BCUT2D eigenvalue weighted by atomic mass is 10.2. The standard InChI is InChI=1S/C10H14N4O4/c1-6(18-2)4-13-10(15)8-3-7(14(16)17)5-12-9(8)11/h3,5-6H,4H2,1-2H3,(H2,11,12)(H,13,15). The zero-order chi connectivity index (χ0) is 13.7. The first-order valence-corrected chi connectivity index (χ1v) is 5.16. The Bertz CT molecular complexity index is 463. The second kappa shape index (κ2) is 5.92. The third-order valence-corrected chi connectivity index (χ3v) is 2.31. The van der Waals surface area contributed by atoms with Gasteiger partial charge in [-0.25, -0.2) is 4.98 Å². The van der Waals surface area contributed by atoms with E-state index in [0.717, 1.165) is 12.3 Å². The monoisotopic (exact) mass is 254 g/mol. The number of hydrogen-bond acceptors (Lipinski definition) is 6. The topological polar surface area (TPSA) is 120 Å². The number of pyridine rings is 1. The van der Waals surface area contributed by atoms with Crippen molar-refractivity contribution in [3.05, 3.63) is 27.9 Å². The maximum Gasteiger partial charge on any atom is 0.288 e. The lowest BCUT2D eigenvalue weighted by Gasteiger charge is -2.11. The fraction of sp³-hybridized carbons (Fsp3) is 0.400. The molecule has 1 amide bonds. The van der Waals surface area contributed by atoms with Crippen molar-refractivity contribution in [1.82, 2.24) is 10.3 Å². The van der Waals surface area contributed by atoms with E-state index < -0.39 is 10.8 Å². The summed E-state index contributed by atoms with van der Waals surface area (Å²) in [6, 6.07) is 1.09. The van der Waals surface area contributed by atoms with E-state index in [9.17, 15) is 14.9 Å². The Morgan fingerprint density at radius 2 is 2.39 bits per heavy atom. The van der Waals surface area contributed by atoms with Crippen LogP contribution in [0.25, 0.3) is 0 Å². The second-order valence-electron chi connectivity index (χ2n) is 3.64. The lowest BCUT2D eigenvalue weighted by molar-refractivity contribution is -0.385. The number of anilines is 1. The molecule has 8 nitrogen and oxygen atoms in total. The van der Waals surface area contributed by atoms with Crippen LogP contribution in [0.5, 0.6) is 0 Å². The number of methoxy groups -OCH3 is 1. The summed E-state index contributed by atoms with van der Waals surface area (Å²) >= 11 is 0. The molecule has 1 unspecified atom stereocenters. The quantitative estimate of drug-likeness (QED) is 0.577. The molecule has 3 N–H and O–H groups in total. The number of carbonyl (C=O) groups is 1. The molecule has 0 aromatic carbocycles. The number of aromatic nitrogens is 1. The first kappa shape index (κ1) is 13.8. The molecule has 0 bridgehead atoms. The highest BCUT2D eigenvalue weighted by Gasteiger charge is 2.16. The van der Waals surface area contributed by atoms with Gasteiger partial charge in [-0.15, -0.1) is 0 Å². The number of carbonyl (C=O) groups excluding carboxylic acids is 1. The van der Waals surface area contributed by atoms with Crippen LogP contribution >= 0.6 is 0 Å². The summed E-state index contributed by atoms with van der Waals surface area (Å²) in [5.74, 6) is -0.573. The molecule has 1 rings (SSSR count). The van der Waals surface area contributed by atoms with Crippen molar-refractivity contribution >= 4 is 17.4 Å². The minimum absolute atomic E-state index is 0.0208. The van der Waals surface area contributed by atoms with Gasteiger partial charge >= 0.3 is 0 Å². The van der Waals surface area contributed by atoms with Gasteiger partial charge in [0.05, 0.1) is 16.6 Å². The molecule has 0 aliphatic carbocycles. The SMILES string of the molecule is COC(C)CNC(=O)c1cc([N+](=O)[O-])cnc1N. The highest BCUT2D eigenvalue weighted by molar-refractivity contribution is 5.98. The number of rotatable bonds is 5. The van der Waals surface area contributed by atoms with Gasteiger partial charge < -0.3 is 15.8 Å². The molecule has 98 valence electrons. The van der Waals surface area contributed by atoms with Crippen molar-refractivity contribution in [2.75, 3.05) is 19.4 Å². The molecule has 1 atom stereocenters. The number of amides is 1. The zero-order valence-corrected chi connectivity index (χ0v) is 10.0. The smallest absolute Gasteiger partial charge is 0.288 e. The summed E-state index contributed by atoms with van der Waals surface area (Å²) < 4.78 is 4.96. The van der Waals surface area contributed by atoms with Crippen LogP contribution in [-0.4, -0.2) is 35.6 Å². The van der Waals surface area contributed by atoms with E-state index in [1.54, 1.807) is 6.92 Å². The van der Waals surface area contributed by atoms with E-state index in [-0.39, 0.29) is 29.7 Å². The summed E-state index contributed by atoms with van der Waals surface area (Å²) in [6.07, 6.45) is 0.839. The molecular formula is C10H14N4O4. The molecule has 1 aromatic heterocycles. The summed E-state index contributed by atoms with van der Waals surface area (Å²) in [5, 5.41) is 13.1. The van der Waals surface area contributed by atoms with Gasteiger partial charge in [0, 0.05) is 19.7 Å². The number of nitrogen functional groups attached to an aromatic ring is 1.